The van der Waals surface area contributed by atoms with Crippen LogP contribution in [0.25, 0.3) is 0 Å². The Morgan fingerprint density at radius 1 is 1.20 bits per heavy atom. The van der Waals surface area contributed by atoms with E-state index in [2.05, 4.69) is 23.5 Å². The summed E-state index contributed by atoms with van der Waals surface area (Å²) in [5.41, 5.74) is 6.67. The van der Waals surface area contributed by atoms with E-state index in [4.69, 9.17) is 5.73 Å². The summed E-state index contributed by atoms with van der Waals surface area (Å²) in [6, 6.07) is 14.4. The van der Waals surface area contributed by atoms with Gasteiger partial charge in [-0.15, -0.1) is 11.3 Å². The van der Waals surface area contributed by atoms with Crippen LogP contribution >= 0.6 is 11.3 Å². The van der Waals surface area contributed by atoms with E-state index in [9.17, 15) is 4.79 Å². The molecule has 1 amide bonds. The molecule has 0 fully saturated rings. The van der Waals surface area contributed by atoms with E-state index in [-0.39, 0.29) is 11.9 Å². The first-order valence-corrected chi connectivity index (χ1v) is 7.74. The normalized spacial score (nSPS) is 12.1. The zero-order chi connectivity index (χ0) is 14.2. The quantitative estimate of drug-likeness (QED) is 0.823. The highest BCUT2D eigenvalue weighted by atomic mass is 32.1. The van der Waals surface area contributed by atoms with Gasteiger partial charge in [0.15, 0.2) is 0 Å². The van der Waals surface area contributed by atoms with E-state index in [1.165, 1.54) is 10.4 Å². The maximum Gasteiger partial charge on any atom is 0.220 e. The third kappa shape index (κ3) is 4.47. The summed E-state index contributed by atoms with van der Waals surface area (Å²) in [5.74, 6) is 0.0739. The Balaban J connectivity index is 2.04. The summed E-state index contributed by atoms with van der Waals surface area (Å²) < 4.78 is 0. The Hall–Kier alpha value is -1.65. The van der Waals surface area contributed by atoms with Crippen LogP contribution in [-0.4, -0.2) is 12.5 Å². The maximum atomic E-state index is 11.9. The average Bonchev–Trinajstić information content (AvgIpc) is 3.00. The van der Waals surface area contributed by atoms with Gasteiger partial charge in [0.05, 0.1) is 6.04 Å². The largest absolute Gasteiger partial charge is 0.348 e. The number of hydrogen-bond donors (Lipinski definition) is 2. The van der Waals surface area contributed by atoms with Gasteiger partial charge >= 0.3 is 0 Å². The Labute approximate surface area is 123 Å². The molecule has 0 bridgehead atoms. The fraction of sp³-hybridized carbons (Fsp3) is 0.312. The Bertz CT molecular complexity index is 511. The number of rotatable bonds is 7. The molecule has 1 heterocycles. The predicted molar refractivity (Wildman–Crippen MR) is 83.6 cm³/mol. The zero-order valence-electron chi connectivity index (χ0n) is 11.4. The lowest BCUT2D eigenvalue weighted by atomic mass is 10.0. The summed E-state index contributed by atoms with van der Waals surface area (Å²) in [5, 5.41) is 5.16. The van der Waals surface area contributed by atoms with Crippen LogP contribution in [0.2, 0.25) is 0 Å². The molecule has 106 valence electrons. The van der Waals surface area contributed by atoms with E-state index in [0.29, 0.717) is 13.0 Å². The minimum absolute atomic E-state index is 0.0441. The lowest BCUT2D eigenvalue weighted by Crippen LogP contribution is -2.29. The highest BCUT2D eigenvalue weighted by molar-refractivity contribution is 7.10. The fourth-order valence-corrected chi connectivity index (χ4v) is 2.87. The molecular weight excluding hydrogens is 268 g/mol. The molecular formula is C16H20N2OS. The number of nitrogens with one attached hydrogen (secondary N) is 1. The standard InChI is InChI=1S/C16H20N2OS/c17-10-4-9-16(19)18-14(15-8-5-11-20-15)12-13-6-2-1-3-7-13/h1-3,5-8,11,14H,4,9-10,12,17H2,(H,18,19). The smallest absolute Gasteiger partial charge is 0.220 e. The van der Waals surface area contributed by atoms with Crippen molar-refractivity contribution in [2.75, 3.05) is 6.54 Å². The average molecular weight is 288 g/mol. The highest BCUT2D eigenvalue weighted by Crippen LogP contribution is 2.23. The van der Waals surface area contributed by atoms with Crippen molar-refractivity contribution in [1.29, 1.82) is 0 Å². The van der Waals surface area contributed by atoms with Crippen LogP contribution in [0.15, 0.2) is 47.8 Å². The molecule has 0 radical (unpaired) electrons. The number of nitrogens with two attached hydrogens (primary N) is 1. The Morgan fingerprint density at radius 2 is 2.00 bits per heavy atom. The van der Waals surface area contributed by atoms with Crippen molar-refractivity contribution < 1.29 is 4.79 Å². The van der Waals surface area contributed by atoms with Crippen molar-refractivity contribution in [3.05, 3.63) is 58.3 Å². The number of hydrogen-bond acceptors (Lipinski definition) is 3. The summed E-state index contributed by atoms with van der Waals surface area (Å²) >= 11 is 1.68. The first kappa shape index (κ1) is 14.8. The van der Waals surface area contributed by atoms with Crippen LogP contribution in [0.5, 0.6) is 0 Å². The summed E-state index contributed by atoms with van der Waals surface area (Å²) in [7, 11) is 0. The molecule has 2 rings (SSSR count). The molecule has 0 aliphatic heterocycles. The van der Waals surface area contributed by atoms with Gasteiger partial charge in [0.1, 0.15) is 0 Å². The third-order valence-corrected chi connectivity index (χ3v) is 4.10. The van der Waals surface area contributed by atoms with Crippen molar-refractivity contribution in [2.45, 2.75) is 25.3 Å². The lowest BCUT2D eigenvalue weighted by Gasteiger charge is -2.17. The topological polar surface area (TPSA) is 55.1 Å². The minimum atomic E-state index is 0.0441. The Kier molecular flexibility index (Phi) is 5.77. The summed E-state index contributed by atoms with van der Waals surface area (Å²) in [6.07, 6.45) is 2.04. The molecule has 1 unspecified atom stereocenters. The second-order valence-corrected chi connectivity index (χ2v) is 5.70. The molecule has 20 heavy (non-hydrogen) atoms. The summed E-state index contributed by atoms with van der Waals surface area (Å²) in [6.45, 7) is 0.551. The molecule has 0 spiro atoms. The van der Waals surface area contributed by atoms with Crippen LogP contribution in [0, 0.1) is 0 Å². The number of carbonyl (C=O) groups excluding carboxylic acids is 1. The first-order valence-electron chi connectivity index (χ1n) is 6.86. The van der Waals surface area contributed by atoms with Gasteiger partial charge in [0, 0.05) is 11.3 Å². The van der Waals surface area contributed by atoms with Gasteiger partial charge in [0.2, 0.25) is 5.91 Å². The summed E-state index contributed by atoms with van der Waals surface area (Å²) in [4.78, 5) is 13.1. The second-order valence-electron chi connectivity index (χ2n) is 4.72. The third-order valence-electron chi connectivity index (χ3n) is 3.11. The van der Waals surface area contributed by atoms with Crippen LogP contribution < -0.4 is 11.1 Å². The van der Waals surface area contributed by atoms with E-state index >= 15 is 0 Å². The fourth-order valence-electron chi connectivity index (χ4n) is 2.09. The molecule has 0 aliphatic carbocycles. The van der Waals surface area contributed by atoms with Gasteiger partial charge in [-0.2, -0.15) is 0 Å². The van der Waals surface area contributed by atoms with E-state index in [0.717, 1.165) is 12.8 Å². The molecule has 1 aromatic heterocycles. The van der Waals surface area contributed by atoms with E-state index in [1.54, 1.807) is 11.3 Å². The van der Waals surface area contributed by atoms with Crippen molar-refractivity contribution in [3.8, 4) is 0 Å². The van der Waals surface area contributed by atoms with Gasteiger partial charge < -0.3 is 11.1 Å². The SMILES string of the molecule is NCCCC(=O)NC(Cc1ccccc1)c1cccs1. The van der Waals surface area contributed by atoms with Gasteiger partial charge in [-0.1, -0.05) is 36.4 Å². The minimum Gasteiger partial charge on any atom is -0.348 e. The van der Waals surface area contributed by atoms with Crippen LogP contribution in [0.3, 0.4) is 0 Å². The Morgan fingerprint density at radius 3 is 2.65 bits per heavy atom. The molecule has 3 N–H and O–H groups in total. The van der Waals surface area contributed by atoms with Crippen LogP contribution in [0.1, 0.15) is 29.3 Å². The lowest BCUT2D eigenvalue weighted by molar-refractivity contribution is -0.121. The molecule has 0 aliphatic rings. The molecule has 4 heteroatoms. The van der Waals surface area contributed by atoms with Crippen molar-refractivity contribution >= 4 is 17.2 Å². The van der Waals surface area contributed by atoms with Crippen molar-refractivity contribution in [1.82, 2.24) is 5.32 Å². The zero-order valence-corrected chi connectivity index (χ0v) is 12.2. The number of carbonyl (C=O) groups is 1. The van der Waals surface area contributed by atoms with Gasteiger partial charge in [0.25, 0.3) is 0 Å². The molecule has 0 saturated carbocycles. The molecule has 0 saturated heterocycles. The number of amides is 1. The first-order chi connectivity index (χ1) is 9.79. The molecule has 3 nitrogen and oxygen atoms in total. The van der Waals surface area contributed by atoms with Crippen LogP contribution in [0.4, 0.5) is 0 Å². The highest BCUT2D eigenvalue weighted by Gasteiger charge is 2.15. The van der Waals surface area contributed by atoms with Gasteiger partial charge in [-0.3, -0.25) is 4.79 Å². The second kappa shape index (κ2) is 7.82. The van der Waals surface area contributed by atoms with E-state index in [1.807, 2.05) is 29.6 Å². The molecule has 1 aromatic carbocycles. The van der Waals surface area contributed by atoms with E-state index < -0.39 is 0 Å². The molecule has 1 atom stereocenters. The maximum absolute atomic E-state index is 11.9. The number of thiophene rings is 1. The predicted octanol–water partition coefficient (Wildman–Crippen LogP) is 2.89. The van der Waals surface area contributed by atoms with Gasteiger partial charge in [-0.25, -0.2) is 0 Å². The monoisotopic (exact) mass is 288 g/mol. The van der Waals surface area contributed by atoms with Gasteiger partial charge in [-0.05, 0) is 36.4 Å². The number of benzene rings is 1. The molecule has 2 aromatic rings. The van der Waals surface area contributed by atoms with Crippen molar-refractivity contribution in [2.24, 2.45) is 5.73 Å². The van der Waals surface area contributed by atoms with Crippen LogP contribution in [-0.2, 0) is 11.2 Å². The van der Waals surface area contributed by atoms with Crippen molar-refractivity contribution in [3.63, 3.8) is 0 Å².